The highest BCUT2D eigenvalue weighted by atomic mass is 15.2. The van der Waals surface area contributed by atoms with Gasteiger partial charge in [0.15, 0.2) is 0 Å². The maximum atomic E-state index is 4.38. The summed E-state index contributed by atoms with van der Waals surface area (Å²) in [7, 11) is 2.21. The van der Waals surface area contributed by atoms with Crippen LogP contribution < -0.4 is 5.32 Å². The van der Waals surface area contributed by atoms with E-state index in [2.05, 4.69) is 39.9 Å². The van der Waals surface area contributed by atoms with Crippen molar-refractivity contribution in [1.29, 1.82) is 0 Å². The third-order valence-electron chi connectivity index (χ3n) is 3.57. The third-order valence-corrected chi connectivity index (χ3v) is 3.57. The molecule has 1 aliphatic heterocycles. The van der Waals surface area contributed by atoms with Crippen LogP contribution in [0.25, 0.3) is 0 Å². The van der Waals surface area contributed by atoms with Crippen LogP contribution in [0.3, 0.4) is 0 Å². The highest BCUT2D eigenvalue weighted by molar-refractivity contribution is 5.25. The predicted octanol–water partition coefficient (Wildman–Crippen LogP) is 2.05. The van der Waals surface area contributed by atoms with E-state index in [4.69, 9.17) is 0 Å². The Labute approximate surface area is 104 Å². The molecule has 1 saturated heterocycles. The van der Waals surface area contributed by atoms with Crippen molar-refractivity contribution in [3.05, 3.63) is 12.4 Å². The standard InChI is InChI=1S/C13H24N4/c1-3-7-17-10-6-14-13(17)15-11-12-4-8-16(2)9-5-12/h6,10,12H,3-5,7-9,11H2,1-2H3,(H,14,15). The van der Waals surface area contributed by atoms with Crippen molar-refractivity contribution in [3.8, 4) is 0 Å². The summed E-state index contributed by atoms with van der Waals surface area (Å²) in [5.74, 6) is 1.84. The number of piperidine rings is 1. The van der Waals surface area contributed by atoms with E-state index >= 15 is 0 Å². The maximum absolute atomic E-state index is 4.38. The maximum Gasteiger partial charge on any atom is 0.202 e. The second-order valence-corrected chi connectivity index (χ2v) is 5.07. The molecule has 0 unspecified atom stereocenters. The normalized spacial score (nSPS) is 18.5. The Morgan fingerprint density at radius 2 is 2.18 bits per heavy atom. The van der Waals surface area contributed by atoms with Gasteiger partial charge in [0, 0.05) is 25.5 Å². The molecule has 0 amide bonds. The predicted molar refractivity (Wildman–Crippen MR) is 71.2 cm³/mol. The van der Waals surface area contributed by atoms with E-state index in [-0.39, 0.29) is 0 Å². The van der Waals surface area contributed by atoms with Crippen LogP contribution >= 0.6 is 0 Å². The van der Waals surface area contributed by atoms with Gasteiger partial charge in [-0.05, 0) is 45.3 Å². The molecule has 1 fully saturated rings. The molecular weight excluding hydrogens is 212 g/mol. The van der Waals surface area contributed by atoms with Crippen molar-refractivity contribution in [2.45, 2.75) is 32.7 Å². The van der Waals surface area contributed by atoms with Gasteiger partial charge >= 0.3 is 0 Å². The van der Waals surface area contributed by atoms with Crippen molar-refractivity contribution in [1.82, 2.24) is 14.5 Å². The van der Waals surface area contributed by atoms with Gasteiger partial charge < -0.3 is 14.8 Å². The highest BCUT2D eigenvalue weighted by Crippen LogP contribution is 2.16. The molecule has 17 heavy (non-hydrogen) atoms. The molecule has 0 atom stereocenters. The first-order valence-electron chi connectivity index (χ1n) is 6.73. The van der Waals surface area contributed by atoms with Gasteiger partial charge in [0.05, 0.1) is 0 Å². The summed E-state index contributed by atoms with van der Waals surface area (Å²) in [5.41, 5.74) is 0. The second kappa shape index (κ2) is 6.05. The average Bonchev–Trinajstić information content (AvgIpc) is 2.77. The molecule has 0 saturated carbocycles. The fourth-order valence-electron chi connectivity index (χ4n) is 2.40. The van der Waals surface area contributed by atoms with E-state index in [1.54, 1.807) is 0 Å². The van der Waals surface area contributed by atoms with Crippen LogP contribution in [0.5, 0.6) is 0 Å². The third kappa shape index (κ3) is 3.46. The fourth-order valence-corrected chi connectivity index (χ4v) is 2.40. The number of imidazole rings is 1. The van der Waals surface area contributed by atoms with Crippen LogP contribution in [0.2, 0.25) is 0 Å². The van der Waals surface area contributed by atoms with Crippen molar-refractivity contribution in [3.63, 3.8) is 0 Å². The topological polar surface area (TPSA) is 33.1 Å². The minimum atomic E-state index is 0.804. The summed E-state index contributed by atoms with van der Waals surface area (Å²) < 4.78 is 2.20. The molecule has 96 valence electrons. The van der Waals surface area contributed by atoms with Gasteiger partial charge in [-0.2, -0.15) is 0 Å². The fraction of sp³-hybridized carbons (Fsp3) is 0.769. The number of aryl methyl sites for hydroxylation is 1. The van der Waals surface area contributed by atoms with Crippen molar-refractivity contribution >= 4 is 5.95 Å². The first-order chi connectivity index (χ1) is 8.29. The molecule has 0 radical (unpaired) electrons. The molecule has 4 nitrogen and oxygen atoms in total. The van der Waals surface area contributed by atoms with Crippen molar-refractivity contribution in [2.75, 3.05) is 32.0 Å². The lowest BCUT2D eigenvalue weighted by Crippen LogP contribution is -2.33. The van der Waals surface area contributed by atoms with Gasteiger partial charge in [-0.3, -0.25) is 0 Å². The summed E-state index contributed by atoms with van der Waals surface area (Å²) in [6, 6.07) is 0. The highest BCUT2D eigenvalue weighted by Gasteiger charge is 2.16. The van der Waals surface area contributed by atoms with E-state index in [9.17, 15) is 0 Å². The van der Waals surface area contributed by atoms with Crippen LogP contribution in [-0.4, -0.2) is 41.1 Å². The smallest absolute Gasteiger partial charge is 0.202 e. The Kier molecular flexibility index (Phi) is 4.42. The van der Waals surface area contributed by atoms with Crippen LogP contribution in [-0.2, 0) is 6.54 Å². The van der Waals surface area contributed by atoms with Gasteiger partial charge in [0.2, 0.25) is 5.95 Å². The van der Waals surface area contributed by atoms with Gasteiger partial charge in [-0.15, -0.1) is 0 Å². The summed E-state index contributed by atoms with van der Waals surface area (Å²) in [6.45, 7) is 6.77. The van der Waals surface area contributed by atoms with Crippen LogP contribution in [0.4, 0.5) is 5.95 Å². The molecule has 0 aliphatic carbocycles. The van der Waals surface area contributed by atoms with Crippen molar-refractivity contribution in [2.24, 2.45) is 5.92 Å². The van der Waals surface area contributed by atoms with E-state index in [1.807, 2.05) is 6.20 Å². The van der Waals surface area contributed by atoms with E-state index in [0.29, 0.717) is 0 Å². The van der Waals surface area contributed by atoms with Crippen molar-refractivity contribution < 1.29 is 0 Å². The average molecular weight is 236 g/mol. The number of hydrogen-bond donors (Lipinski definition) is 1. The SMILES string of the molecule is CCCn1ccnc1NCC1CCN(C)CC1. The Balaban J connectivity index is 1.79. The van der Waals surface area contributed by atoms with E-state index < -0.39 is 0 Å². The molecule has 0 bridgehead atoms. The number of rotatable bonds is 5. The summed E-state index contributed by atoms with van der Waals surface area (Å²) in [5, 5.41) is 3.50. The van der Waals surface area contributed by atoms with Crippen LogP contribution in [0.1, 0.15) is 26.2 Å². The first-order valence-corrected chi connectivity index (χ1v) is 6.73. The quantitative estimate of drug-likeness (QED) is 0.849. The summed E-state index contributed by atoms with van der Waals surface area (Å²) in [6.07, 6.45) is 7.70. The van der Waals surface area contributed by atoms with E-state index in [0.717, 1.165) is 31.4 Å². The van der Waals surface area contributed by atoms with Crippen LogP contribution in [0.15, 0.2) is 12.4 Å². The minimum absolute atomic E-state index is 0.804. The van der Waals surface area contributed by atoms with Gasteiger partial charge in [0.25, 0.3) is 0 Å². The van der Waals surface area contributed by atoms with E-state index in [1.165, 1.54) is 25.9 Å². The molecule has 1 aliphatic rings. The van der Waals surface area contributed by atoms with Crippen LogP contribution in [0, 0.1) is 5.92 Å². The largest absolute Gasteiger partial charge is 0.355 e. The number of anilines is 1. The zero-order chi connectivity index (χ0) is 12.1. The molecule has 1 aromatic heterocycles. The molecule has 0 spiro atoms. The molecule has 4 heteroatoms. The summed E-state index contributed by atoms with van der Waals surface area (Å²) in [4.78, 5) is 6.79. The number of aromatic nitrogens is 2. The molecule has 2 rings (SSSR count). The monoisotopic (exact) mass is 236 g/mol. The number of likely N-dealkylation sites (tertiary alicyclic amines) is 1. The van der Waals surface area contributed by atoms with Gasteiger partial charge in [0.1, 0.15) is 0 Å². The zero-order valence-corrected chi connectivity index (χ0v) is 11.0. The summed E-state index contributed by atoms with van der Waals surface area (Å²) >= 11 is 0. The minimum Gasteiger partial charge on any atom is -0.355 e. The number of nitrogens with zero attached hydrogens (tertiary/aromatic N) is 3. The zero-order valence-electron chi connectivity index (χ0n) is 11.0. The molecule has 1 N–H and O–H groups in total. The lowest BCUT2D eigenvalue weighted by atomic mass is 9.97. The number of nitrogens with one attached hydrogen (secondary N) is 1. The molecule has 0 aromatic carbocycles. The molecule has 1 aromatic rings. The lowest BCUT2D eigenvalue weighted by molar-refractivity contribution is 0.226. The van der Waals surface area contributed by atoms with Gasteiger partial charge in [-0.1, -0.05) is 6.92 Å². The molecular formula is C13H24N4. The van der Waals surface area contributed by atoms with Gasteiger partial charge in [-0.25, -0.2) is 4.98 Å². The number of hydrogen-bond acceptors (Lipinski definition) is 3. The Bertz CT molecular complexity index is 326. The first kappa shape index (κ1) is 12.4. The lowest BCUT2D eigenvalue weighted by Gasteiger charge is -2.29. The Hall–Kier alpha value is -1.03. The molecule has 2 heterocycles. The Morgan fingerprint density at radius 3 is 2.88 bits per heavy atom. The second-order valence-electron chi connectivity index (χ2n) is 5.07. The Morgan fingerprint density at radius 1 is 1.41 bits per heavy atom.